The number of aromatic nitrogens is 2. The van der Waals surface area contributed by atoms with Crippen molar-refractivity contribution in [1.82, 2.24) is 14.9 Å². The summed E-state index contributed by atoms with van der Waals surface area (Å²) in [6.07, 6.45) is 6.62. The van der Waals surface area contributed by atoms with Crippen molar-refractivity contribution in [2.45, 2.75) is 13.0 Å². The van der Waals surface area contributed by atoms with E-state index in [0.717, 1.165) is 36.6 Å². The van der Waals surface area contributed by atoms with Gasteiger partial charge in [-0.3, -0.25) is 9.88 Å². The van der Waals surface area contributed by atoms with Gasteiger partial charge in [0.25, 0.3) is 0 Å². The van der Waals surface area contributed by atoms with Crippen molar-refractivity contribution < 1.29 is 0 Å². The third-order valence-corrected chi connectivity index (χ3v) is 4.90. The molecule has 24 heavy (non-hydrogen) atoms. The summed E-state index contributed by atoms with van der Waals surface area (Å²) in [6.45, 7) is 3.47. The molecule has 3 aromatic rings. The Bertz CT molecular complexity index is 727. The Morgan fingerprint density at radius 3 is 2.54 bits per heavy atom. The maximum absolute atomic E-state index is 5.79. The average Bonchev–Trinajstić information content (AvgIpc) is 3.10. The Hall–Kier alpha value is -2.08. The fourth-order valence-corrected chi connectivity index (χ4v) is 3.57. The highest BCUT2D eigenvalue weighted by Gasteiger charge is 2.10. The highest BCUT2D eigenvalue weighted by atomic mass is 32.1. The van der Waals surface area contributed by atoms with Crippen molar-refractivity contribution in [3.05, 3.63) is 71.5 Å². The van der Waals surface area contributed by atoms with Crippen molar-refractivity contribution in [2.75, 3.05) is 19.6 Å². The Balaban J connectivity index is 1.62. The number of hydrogen-bond acceptors (Lipinski definition) is 5. The van der Waals surface area contributed by atoms with Crippen LogP contribution in [-0.2, 0) is 13.0 Å². The van der Waals surface area contributed by atoms with E-state index in [-0.39, 0.29) is 0 Å². The lowest BCUT2D eigenvalue weighted by molar-refractivity contribution is 0.278. The molecule has 4 nitrogen and oxygen atoms in total. The smallest absolute Gasteiger partial charge is 0.123 e. The fraction of sp³-hybridized carbons (Fsp3) is 0.263. The quantitative estimate of drug-likeness (QED) is 0.685. The zero-order valence-electron chi connectivity index (χ0n) is 13.6. The van der Waals surface area contributed by atoms with Crippen LogP contribution in [-0.4, -0.2) is 34.5 Å². The summed E-state index contributed by atoms with van der Waals surface area (Å²) in [4.78, 5) is 12.3. The predicted octanol–water partition coefficient (Wildman–Crippen LogP) is 3.21. The minimum absolute atomic E-state index is 0.671. The van der Waals surface area contributed by atoms with Crippen LogP contribution in [0, 0.1) is 0 Å². The molecule has 0 radical (unpaired) electrons. The van der Waals surface area contributed by atoms with Crippen LogP contribution in [0.5, 0.6) is 0 Å². The molecule has 3 rings (SSSR count). The van der Waals surface area contributed by atoms with Gasteiger partial charge in [0, 0.05) is 55.2 Å². The molecule has 0 aliphatic heterocycles. The predicted molar refractivity (Wildman–Crippen MR) is 99.8 cm³/mol. The van der Waals surface area contributed by atoms with Gasteiger partial charge < -0.3 is 5.73 Å². The van der Waals surface area contributed by atoms with Crippen LogP contribution >= 0.6 is 11.3 Å². The molecule has 0 amide bonds. The molecule has 2 N–H and O–H groups in total. The Morgan fingerprint density at radius 2 is 1.79 bits per heavy atom. The SMILES string of the molecule is NCCN(CCc1ccccc1)Cc1cnc(-c2ccncc2)s1. The molecule has 1 aromatic carbocycles. The fourth-order valence-electron chi connectivity index (χ4n) is 2.61. The van der Waals surface area contributed by atoms with Gasteiger partial charge in [-0.15, -0.1) is 11.3 Å². The summed E-state index contributed by atoms with van der Waals surface area (Å²) in [5.41, 5.74) is 8.27. The zero-order chi connectivity index (χ0) is 16.6. The third kappa shape index (κ3) is 4.71. The molecule has 0 saturated heterocycles. The monoisotopic (exact) mass is 338 g/mol. The van der Waals surface area contributed by atoms with E-state index < -0.39 is 0 Å². The lowest BCUT2D eigenvalue weighted by atomic mass is 10.1. The van der Waals surface area contributed by atoms with Crippen molar-refractivity contribution in [1.29, 1.82) is 0 Å². The normalized spacial score (nSPS) is 11.1. The van der Waals surface area contributed by atoms with E-state index in [0.29, 0.717) is 6.54 Å². The molecule has 0 unspecified atom stereocenters. The van der Waals surface area contributed by atoms with E-state index in [1.54, 1.807) is 23.7 Å². The van der Waals surface area contributed by atoms with E-state index >= 15 is 0 Å². The van der Waals surface area contributed by atoms with Gasteiger partial charge in [0.1, 0.15) is 5.01 Å². The molecule has 0 fully saturated rings. The van der Waals surface area contributed by atoms with E-state index in [1.165, 1.54) is 10.4 Å². The second kappa shape index (κ2) is 8.68. The van der Waals surface area contributed by atoms with Gasteiger partial charge in [-0.2, -0.15) is 0 Å². The summed E-state index contributed by atoms with van der Waals surface area (Å²) in [6, 6.07) is 14.6. The molecule has 2 heterocycles. The number of pyridine rings is 1. The van der Waals surface area contributed by atoms with E-state index in [1.807, 2.05) is 18.3 Å². The number of benzene rings is 1. The van der Waals surface area contributed by atoms with Gasteiger partial charge in [0.05, 0.1) is 0 Å². The highest BCUT2D eigenvalue weighted by molar-refractivity contribution is 7.15. The molecule has 2 aromatic heterocycles. The van der Waals surface area contributed by atoms with Crippen LogP contribution in [0.4, 0.5) is 0 Å². The van der Waals surface area contributed by atoms with Gasteiger partial charge in [-0.25, -0.2) is 4.98 Å². The first-order valence-corrected chi connectivity index (χ1v) is 8.98. The average molecular weight is 338 g/mol. The Kier molecular flexibility index (Phi) is 6.07. The first-order valence-electron chi connectivity index (χ1n) is 8.16. The van der Waals surface area contributed by atoms with E-state index in [2.05, 4.69) is 45.2 Å². The molecular formula is C19H22N4S. The molecule has 5 heteroatoms. The van der Waals surface area contributed by atoms with Crippen LogP contribution < -0.4 is 5.73 Å². The second-order valence-electron chi connectivity index (χ2n) is 5.67. The van der Waals surface area contributed by atoms with Crippen LogP contribution in [0.15, 0.2) is 61.1 Å². The van der Waals surface area contributed by atoms with Crippen molar-refractivity contribution in [3.8, 4) is 10.6 Å². The molecule has 0 atom stereocenters. The van der Waals surface area contributed by atoms with Gasteiger partial charge >= 0.3 is 0 Å². The molecule has 0 spiro atoms. The number of rotatable bonds is 8. The minimum Gasteiger partial charge on any atom is -0.329 e. The lowest BCUT2D eigenvalue weighted by Crippen LogP contribution is -2.30. The summed E-state index contributed by atoms with van der Waals surface area (Å²) >= 11 is 1.74. The van der Waals surface area contributed by atoms with E-state index in [4.69, 9.17) is 5.73 Å². The molecule has 0 aliphatic carbocycles. The van der Waals surface area contributed by atoms with Crippen LogP contribution in [0.25, 0.3) is 10.6 Å². The lowest BCUT2D eigenvalue weighted by Gasteiger charge is -2.20. The topological polar surface area (TPSA) is 55.0 Å². The van der Waals surface area contributed by atoms with Crippen LogP contribution in [0.1, 0.15) is 10.4 Å². The van der Waals surface area contributed by atoms with Gasteiger partial charge in [0.15, 0.2) is 0 Å². The largest absolute Gasteiger partial charge is 0.329 e. The summed E-state index contributed by atoms with van der Waals surface area (Å²) < 4.78 is 0. The van der Waals surface area contributed by atoms with Crippen molar-refractivity contribution >= 4 is 11.3 Å². The van der Waals surface area contributed by atoms with Gasteiger partial charge in [0.2, 0.25) is 0 Å². The molecule has 124 valence electrons. The molecule has 0 saturated carbocycles. The molecule has 0 bridgehead atoms. The van der Waals surface area contributed by atoms with E-state index in [9.17, 15) is 0 Å². The van der Waals surface area contributed by atoms with Crippen molar-refractivity contribution in [2.24, 2.45) is 5.73 Å². The molecule has 0 aliphatic rings. The minimum atomic E-state index is 0.671. The van der Waals surface area contributed by atoms with Gasteiger partial charge in [-0.1, -0.05) is 30.3 Å². The summed E-state index contributed by atoms with van der Waals surface area (Å²) in [5, 5.41) is 1.04. The second-order valence-corrected chi connectivity index (χ2v) is 6.78. The standard InChI is InChI=1S/C19H22N4S/c20-9-13-23(12-8-16-4-2-1-3-5-16)15-18-14-22-19(24-18)17-6-10-21-11-7-17/h1-7,10-11,14H,8-9,12-13,15,20H2. The van der Waals surface area contributed by atoms with Crippen LogP contribution in [0.3, 0.4) is 0 Å². The van der Waals surface area contributed by atoms with Crippen LogP contribution in [0.2, 0.25) is 0 Å². The first-order chi connectivity index (χ1) is 11.8. The first kappa shape index (κ1) is 16.8. The van der Waals surface area contributed by atoms with Crippen molar-refractivity contribution in [3.63, 3.8) is 0 Å². The molecular weight excluding hydrogens is 316 g/mol. The number of hydrogen-bond donors (Lipinski definition) is 1. The summed E-state index contributed by atoms with van der Waals surface area (Å²) in [5.74, 6) is 0. The van der Waals surface area contributed by atoms with Gasteiger partial charge in [-0.05, 0) is 24.1 Å². The summed E-state index contributed by atoms with van der Waals surface area (Å²) in [7, 11) is 0. The Labute approximate surface area is 147 Å². The highest BCUT2D eigenvalue weighted by Crippen LogP contribution is 2.25. The third-order valence-electron chi connectivity index (χ3n) is 3.87. The number of nitrogens with two attached hydrogens (primary N) is 1. The Morgan fingerprint density at radius 1 is 1.00 bits per heavy atom. The number of nitrogens with zero attached hydrogens (tertiary/aromatic N) is 3. The zero-order valence-corrected chi connectivity index (χ0v) is 14.5. The maximum atomic E-state index is 5.79. The maximum Gasteiger partial charge on any atom is 0.123 e. The number of thiazole rings is 1.